The summed E-state index contributed by atoms with van der Waals surface area (Å²) in [7, 11) is 1.66. The fraction of sp³-hybridized carbons (Fsp3) is 0.875. The number of rotatable bonds is 6. The molecule has 13 heavy (non-hydrogen) atoms. The van der Waals surface area contributed by atoms with E-state index in [-0.39, 0.29) is 19.1 Å². The van der Waals surface area contributed by atoms with Crippen LogP contribution in [0, 0.1) is 0 Å². The molecule has 0 rings (SSSR count). The van der Waals surface area contributed by atoms with Gasteiger partial charge in [-0.05, 0) is 20.4 Å². The number of aliphatic hydroxyl groups excluding tert-OH is 2. The van der Waals surface area contributed by atoms with Gasteiger partial charge in [0.05, 0.1) is 6.04 Å². The zero-order valence-corrected chi connectivity index (χ0v) is 7.99. The zero-order chi connectivity index (χ0) is 10.3. The van der Waals surface area contributed by atoms with Crippen LogP contribution in [0.25, 0.3) is 0 Å². The van der Waals surface area contributed by atoms with Crippen molar-refractivity contribution in [2.24, 2.45) is 0 Å². The van der Waals surface area contributed by atoms with Gasteiger partial charge in [-0.15, -0.1) is 0 Å². The van der Waals surface area contributed by atoms with E-state index in [0.717, 1.165) is 0 Å². The lowest BCUT2D eigenvalue weighted by molar-refractivity contribution is -0.171. The molecule has 78 valence electrons. The lowest BCUT2D eigenvalue weighted by Gasteiger charge is -2.17. The molecular weight excluding hydrogens is 174 g/mol. The summed E-state index contributed by atoms with van der Waals surface area (Å²) in [5, 5.41) is 20.4. The summed E-state index contributed by atoms with van der Waals surface area (Å²) in [6.45, 7) is 1.65. The Morgan fingerprint density at radius 2 is 2.23 bits per heavy atom. The Bertz CT molecular complexity index is 151. The second kappa shape index (κ2) is 6.82. The Balaban J connectivity index is 3.64. The number of carbonyl (C=O) groups is 1. The van der Waals surface area contributed by atoms with Crippen LogP contribution >= 0.6 is 0 Å². The third-order valence-electron chi connectivity index (χ3n) is 1.67. The average molecular weight is 191 g/mol. The van der Waals surface area contributed by atoms with Gasteiger partial charge in [0.2, 0.25) is 6.29 Å². The van der Waals surface area contributed by atoms with Gasteiger partial charge in [-0.25, -0.2) is 0 Å². The lowest BCUT2D eigenvalue weighted by atomic mass is 10.3. The molecule has 2 atom stereocenters. The maximum absolute atomic E-state index is 10.9. The van der Waals surface area contributed by atoms with Crippen molar-refractivity contribution in [2.45, 2.75) is 32.1 Å². The van der Waals surface area contributed by atoms with Gasteiger partial charge in [-0.1, -0.05) is 0 Å². The van der Waals surface area contributed by atoms with Crippen molar-refractivity contribution in [3.05, 3.63) is 0 Å². The predicted molar refractivity (Wildman–Crippen MR) is 46.9 cm³/mol. The highest BCUT2D eigenvalue weighted by molar-refractivity contribution is 5.69. The highest BCUT2D eigenvalue weighted by Gasteiger charge is 2.16. The predicted octanol–water partition coefficient (Wildman–Crippen LogP) is -0.772. The van der Waals surface area contributed by atoms with E-state index < -0.39 is 12.3 Å². The molecule has 0 aliphatic carbocycles. The maximum Gasteiger partial charge on any atom is 0.308 e. The summed E-state index contributed by atoms with van der Waals surface area (Å²) in [6.07, 6.45) is -0.639. The molecule has 0 fully saturated rings. The van der Waals surface area contributed by atoms with Gasteiger partial charge in [0.1, 0.15) is 0 Å². The normalized spacial score (nSPS) is 15.1. The molecule has 0 saturated heterocycles. The first-order valence-corrected chi connectivity index (χ1v) is 4.27. The van der Waals surface area contributed by atoms with E-state index >= 15 is 0 Å². The third-order valence-corrected chi connectivity index (χ3v) is 1.67. The molecule has 0 radical (unpaired) electrons. The van der Waals surface area contributed by atoms with Crippen molar-refractivity contribution in [1.82, 2.24) is 5.32 Å². The van der Waals surface area contributed by atoms with E-state index in [9.17, 15) is 9.90 Å². The molecule has 5 nitrogen and oxygen atoms in total. The fourth-order valence-electron chi connectivity index (χ4n) is 0.662. The van der Waals surface area contributed by atoms with Crippen molar-refractivity contribution in [3.8, 4) is 0 Å². The van der Waals surface area contributed by atoms with Crippen LogP contribution in [-0.2, 0) is 9.53 Å². The molecule has 0 saturated carbocycles. The molecular formula is C8H17NO4. The van der Waals surface area contributed by atoms with Crippen LogP contribution in [0.3, 0.4) is 0 Å². The minimum atomic E-state index is -1.13. The Kier molecular flexibility index (Phi) is 6.48. The Morgan fingerprint density at radius 3 is 2.69 bits per heavy atom. The fourth-order valence-corrected chi connectivity index (χ4v) is 0.662. The van der Waals surface area contributed by atoms with E-state index in [4.69, 9.17) is 5.11 Å². The molecule has 2 unspecified atom stereocenters. The number of nitrogens with one attached hydrogen (secondary N) is 1. The Hall–Kier alpha value is -0.650. The van der Waals surface area contributed by atoms with E-state index in [0.29, 0.717) is 6.42 Å². The van der Waals surface area contributed by atoms with Crippen LogP contribution in [0.2, 0.25) is 0 Å². The van der Waals surface area contributed by atoms with Gasteiger partial charge in [-0.2, -0.15) is 0 Å². The molecule has 0 aromatic heterocycles. The molecule has 0 aliphatic rings. The van der Waals surface area contributed by atoms with Crippen LogP contribution < -0.4 is 5.32 Å². The second-order valence-electron chi connectivity index (χ2n) is 2.78. The highest BCUT2D eigenvalue weighted by atomic mass is 16.6. The van der Waals surface area contributed by atoms with Gasteiger partial charge in [0, 0.05) is 13.0 Å². The van der Waals surface area contributed by atoms with E-state index in [1.54, 1.807) is 14.0 Å². The lowest BCUT2D eigenvalue weighted by Crippen LogP contribution is -2.37. The van der Waals surface area contributed by atoms with Gasteiger partial charge >= 0.3 is 5.97 Å². The largest absolute Gasteiger partial charge is 0.434 e. The quantitative estimate of drug-likeness (QED) is 0.379. The number of esters is 1. The highest BCUT2D eigenvalue weighted by Crippen LogP contribution is 1.99. The molecule has 0 amide bonds. The Morgan fingerprint density at radius 1 is 1.62 bits per heavy atom. The summed E-state index contributed by atoms with van der Waals surface area (Å²) in [5.74, 6) is -0.497. The summed E-state index contributed by atoms with van der Waals surface area (Å²) in [5.41, 5.74) is 0. The van der Waals surface area contributed by atoms with Gasteiger partial charge < -0.3 is 20.3 Å². The molecule has 0 heterocycles. The molecule has 5 heteroatoms. The van der Waals surface area contributed by atoms with Gasteiger partial charge in [-0.3, -0.25) is 4.79 Å². The minimum absolute atomic E-state index is 0.0488. The second-order valence-corrected chi connectivity index (χ2v) is 2.78. The topological polar surface area (TPSA) is 78.8 Å². The molecule has 0 bridgehead atoms. The van der Waals surface area contributed by atoms with E-state index in [1.165, 1.54) is 0 Å². The third kappa shape index (κ3) is 5.57. The monoisotopic (exact) mass is 191 g/mol. The van der Waals surface area contributed by atoms with Crippen molar-refractivity contribution in [3.63, 3.8) is 0 Å². The van der Waals surface area contributed by atoms with E-state index in [2.05, 4.69) is 10.1 Å². The van der Waals surface area contributed by atoms with Crippen LogP contribution in [0.1, 0.15) is 19.8 Å². The van der Waals surface area contributed by atoms with Gasteiger partial charge in [0.25, 0.3) is 0 Å². The van der Waals surface area contributed by atoms with Crippen molar-refractivity contribution in [2.75, 3.05) is 13.7 Å². The summed E-state index contributed by atoms with van der Waals surface area (Å²) >= 11 is 0. The van der Waals surface area contributed by atoms with Crippen LogP contribution in [0.15, 0.2) is 0 Å². The molecule has 0 spiro atoms. The first-order chi connectivity index (χ1) is 6.11. The van der Waals surface area contributed by atoms with E-state index in [1.807, 2.05) is 0 Å². The molecule has 0 aromatic carbocycles. The molecule has 0 aromatic rings. The molecule has 3 N–H and O–H groups in total. The standard InChI is InChI=1S/C8H17NO4/c1-6(9-2)8(12)13-7(11)4-3-5-10/h6,8-10,12H,3-5H2,1-2H3. The molecule has 0 aliphatic heterocycles. The number of carbonyl (C=O) groups excluding carboxylic acids is 1. The summed E-state index contributed by atoms with van der Waals surface area (Å²) < 4.78 is 4.65. The average Bonchev–Trinajstić information content (AvgIpc) is 2.13. The summed E-state index contributed by atoms with van der Waals surface area (Å²) in [4.78, 5) is 10.9. The minimum Gasteiger partial charge on any atom is -0.434 e. The SMILES string of the molecule is CNC(C)C(O)OC(=O)CCCO. The van der Waals surface area contributed by atoms with Gasteiger partial charge in [0.15, 0.2) is 0 Å². The number of aliphatic hydroxyl groups is 2. The summed E-state index contributed by atoms with van der Waals surface area (Å²) in [6, 6.07) is -0.293. The van der Waals surface area contributed by atoms with Crippen LogP contribution in [0.4, 0.5) is 0 Å². The van der Waals surface area contributed by atoms with Crippen molar-refractivity contribution >= 4 is 5.97 Å². The Labute approximate surface area is 77.7 Å². The van der Waals surface area contributed by atoms with Crippen molar-refractivity contribution < 1.29 is 19.7 Å². The van der Waals surface area contributed by atoms with Crippen molar-refractivity contribution in [1.29, 1.82) is 0 Å². The smallest absolute Gasteiger partial charge is 0.308 e. The van der Waals surface area contributed by atoms with Crippen LogP contribution in [0.5, 0.6) is 0 Å². The first-order valence-electron chi connectivity index (χ1n) is 4.27. The number of hydrogen-bond acceptors (Lipinski definition) is 5. The number of hydrogen-bond donors (Lipinski definition) is 3. The zero-order valence-electron chi connectivity index (χ0n) is 7.99. The number of likely N-dealkylation sites (N-methyl/N-ethyl adjacent to an activating group) is 1. The maximum atomic E-state index is 10.9. The van der Waals surface area contributed by atoms with Crippen LogP contribution in [-0.4, -0.2) is 42.2 Å². The number of ether oxygens (including phenoxy) is 1. The first kappa shape index (κ1) is 12.3.